The highest BCUT2D eigenvalue weighted by atomic mass is 16.5. The Balaban J connectivity index is 3.38. The molecule has 6 heteroatoms. The van der Waals surface area contributed by atoms with Crippen LogP contribution in [-0.4, -0.2) is 47.4 Å². The molecule has 0 spiro atoms. The first-order valence-electron chi connectivity index (χ1n) is 36.3. The molecule has 0 aliphatic carbocycles. The van der Waals surface area contributed by atoms with Crippen molar-refractivity contribution in [1.82, 2.24) is 5.32 Å². The van der Waals surface area contributed by atoms with E-state index in [0.717, 1.165) is 44.9 Å². The quantitative estimate of drug-likeness (QED) is 0.0320. The summed E-state index contributed by atoms with van der Waals surface area (Å²) < 4.78 is 5.49. The van der Waals surface area contributed by atoms with E-state index in [2.05, 4.69) is 43.5 Å². The van der Waals surface area contributed by atoms with Gasteiger partial charge >= 0.3 is 5.97 Å². The second kappa shape index (κ2) is 69.6. The number of aliphatic hydroxyl groups excluding tert-OH is 2. The van der Waals surface area contributed by atoms with Crippen molar-refractivity contribution >= 4 is 11.9 Å². The predicted molar refractivity (Wildman–Crippen MR) is 352 cm³/mol. The molecule has 2 unspecified atom stereocenters. The van der Waals surface area contributed by atoms with E-state index in [9.17, 15) is 19.8 Å². The first kappa shape index (κ1) is 78.1. The van der Waals surface area contributed by atoms with E-state index in [4.69, 9.17) is 4.74 Å². The third-order valence-electron chi connectivity index (χ3n) is 16.9. The molecule has 0 aromatic heterocycles. The molecule has 0 aromatic carbocycles. The van der Waals surface area contributed by atoms with E-state index in [1.165, 1.54) is 327 Å². The van der Waals surface area contributed by atoms with Crippen molar-refractivity contribution in [3.63, 3.8) is 0 Å². The molecule has 80 heavy (non-hydrogen) atoms. The van der Waals surface area contributed by atoms with Crippen LogP contribution in [0.3, 0.4) is 0 Å². The molecular weight excluding hydrogens is 983 g/mol. The number of esters is 1. The van der Waals surface area contributed by atoms with E-state index >= 15 is 0 Å². The van der Waals surface area contributed by atoms with Gasteiger partial charge in [0.15, 0.2) is 0 Å². The number of rotatable bonds is 68. The molecule has 0 radical (unpaired) electrons. The summed E-state index contributed by atoms with van der Waals surface area (Å²) >= 11 is 0. The zero-order chi connectivity index (χ0) is 57.8. The van der Waals surface area contributed by atoms with Crippen LogP contribution in [0.15, 0.2) is 36.5 Å². The highest BCUT2D eigenvalue weighted by Crippen LogP contribution is 2.18. The van der Waals surface area contributed by atoms with Crippen molar-refractivity contribution in [3.05, 3.63) is 36.5 Å². The van der Waals surface area contributed by atoms with Crippen LogP contribution >= 0.6 is 0 Å². The summed E-state index contributed by atoms with van der Waals surface area (Å²) in [5, 5.41) is 23.2. The van der Waals surface area contributed by atoms with Crippen LogP contribution in [0.2, 0.25) is 0 Å². The molecule has 0 heterocycles. The van der Waals surface area contributed by atoms with Crippen LogP contribution in [0.25, 0.3) is 0 Å². The Morgan fingerprint density at radius 3 is 0.887 bits per heavy atom. The normalized spacial score (nSPS) is 12.7. The molecule has 3 N–H and O–H groups in total. The van der Waals surface area contributed by atoms with Crippen molar-refractivity contribution in [2.24, 2.45) is 0 Å². The van der Waals surface area contributed by atoms with E-state index < -0.39 is 12.1 Å². The van der Waals surface area contributed by atoms with E-state index in [1.807, 2.05) is 6.08 Å². The number of hydrogen-bond acceptors (Lipinski definition) is 5. The minimum Gasteiger partial charge on any atom is -0.466 e. The summed E-state index contributed by atoms with van der Waals surface area (Å²) in [5.41, 5.74) is 0. The summed E-state index contributed by atoms with van der Waals surface area (Å²) in [4.78, 5) is 24.6. The number of aliphatic hydroxyl groups is 2. The lowest BCUT2D eigenvalue weighted by atomic mass is 10.0. The SMILES string of the molecule is CCCCCCCC/C=C\CCCCCCCC(=O)OCCCCCCCCCCCCCC/C=C\CCCCCCCCCCCCCCCCCC(=O)NC(CO)C(O)/C=C/CCCCCCCCCCCCCCCCC. The largest absolute Gasteiger partial charge is 0.466 e. The van der Waals surface area contributed by atoms with Gasteiger partial charge in [-0.1, -0.05) is 339 Å². The molecule has 0 saturated heterocycles. The van der Waals surface area contributed by atoms with Gasteiger partial charge in [-0.25, -0.2) is 0 Å². The van der Waals surface area contributed by atoms with Gasteiger partial charge in [0.1, 0.15) is 0 Å². The van der Waals surface area contributed by atoms with Gasteiger partial charge in [-0.2, -0.15) is 0 Å². The summed E-state index contributed by atoms with van der Waals surface area (Å²) in [6.45, 7) is 4.93. The maximum atomic E-state index is 12.5. The van der Waals surface area contributed by atoms with Gasteiger partial charge in [-0.05, 0) is 83.5 Å². The average molecular weight is 1120 g/mol. The number of ether oxygens (including phenoxy) is 1. The zero-order valence-corrected chi connectivity index (χ0v) is 54.1. The Labute approximate surface area is 500 Å². The lowest BCUT2D eigenvalue weighted by Gasteiger charge is -2.20. The summed E-state index contributed by atoms with van der Waals surface area (Å²) in [7, 11) is 0. The van der Waals surface area contributed by atoms with Gasteiger partial charge in [-0.3, -0.25) is 9.59 Å². The van der Waals surface area contributed by atoms with Gasteiger partial charge in [0.2, 0.25) is 5.91 Å². The van der Waals surface area contributed by atoms with Crippen LogP contribution in [0.4, 0.5) is 0 Å². The number of amides is 1. The summed E-state index contributed by atoms with van der Waals surface area (Å²) in [6.07, 6.45) is 89.5. The standard InChI is InChI=1S/C74H141NO5/c1-3-5-7-9-11-13-15-17-19-35-39-42-46-50-54-58-62-66-72(77)71(70-76)75-73(78)67-63-59-55-51-47-43-40-36-33-31-29-27-25-23-21-20-22-24-26-28-30-32-34-37-41-45-49-53-57-61-65-69-80-74(79)68-64-60-56-52-48-44-38-18-16-14-12-10-8-6-4-2/h18,22,24,38,62,66,71-72,76-77H,3-17,19-21,23,25-37,39-61,63-65,67-70H2,1-2H3,(H,75,78)/b24-22-,38-18-,66-62+. The van der Waals surface area contributed by atoms with E-state index in [1.54, 1.807) is 6.08 Å². The number of carbonyl (C=O) groups is 2. The third kappa shape index (κ3) is 65.2. The Morgan fingerprint density at radius 1 is 0.338 bits per heavy atom. The van der Waals surface area contributed by atoms with Gasteiger partial charge in [-0.15, -0.1) is 0 Å². The van der Waals surface area contributed by atoms with Crippen LogP contribution in [0.5, 0.6) is 0 Å². The maximum absolute atomic E-state index is 12.5. The number of nitrogens with one attached hydrogen (secondary N) is 1. The molecule has 1 amide bonds. The van der Waals surface area contributed by atoms with Crippen LogP contribution in [0, 0.1) is 0 Å². The van der Waals surface area contributed by atoms with Crippen LogP contribution < -0.4 is 5.32 Å². The Morgan fingerprint density at radius 2 is 0.588 bits per heavy atom. The summed E-state index contributed by atoms with van der Waals surface area (Å²) in [6, 6.07) is -0.627. The molecule has 472 valence electrons. The van der Waals surface area contributed by atoms with Crippen molar-refractivity contribution in [2.45, 2.75) is 411 Å². The van der Waals surface area contributed by atoms with Crippen molar-refractivity contribution in [1.29, 1.82) is 0 Å². The molecule has 0 aromatic rings. The molecular formula is C74H141NO5. The highest BCUT2D eigenvalue weighted by Gasteiger charge is 2.18. The Hall–Kier alpha value is -1.92. The second-order valence-electron chi connectivity index (χ2n) is 24.9. The number of allylic oxidation sites excluding steroid dienone is 5. The molecule has 6 nitrogen and oxygen atoms in total. The monoisotopic (exact) mass is 1120 g/mol. The van der Waals surface area contributed by atoms with E-state index in [0.29, 0.717) is 19.4 Å². The van der Waals surface area contributed by atoms with Gasteiger partial charge < -0.3 is 20.3 Å². The summed E-state index contributed by atoms with van der Waals surface area (Å²) in [5.74, 6) is -0.0531. The van der Waals surface area contributed by atoms with Crippen molar-refractivity contribution in [2.75, 3.05) is 13.2 Å². The minimum absolute atomic E-state index is 0.00987. The number of unbranched alkanes of at least 4 members (excludes halogenated alkanes) is 53. The fourth-order valence-corrected chi connectivity index (χ4v) is 11.3. The molecule has 0 rings (SSSR count). The van der Waals surface area contributed by atoms with Gasteiger partial charge in [0.05, 0.1) is 25.4 Å². The average Bonchev–Trinajstić information content (AvgIpc) is 3.46. The fraction of sp³-hybridized carbons (Fsp3) is 0.892. The highest BCUT2D eigenvalue weighted by molar-refractivity contribution is 5.76. The maximum Gasteiger partial charge on any atom is 0.305 e. The molecule has 0 aliphatic rings. The zero-order valence-electron chi connectivity index (χ0n) is 54.1. The lowest BCUT2D eigenvalue weighted by Crippen LogP contribution is -2.45. The van der Waals surface area contributed by atoms with Crippen LogP contribution in [0.1, 0.15) is 399 Å². The first-order valence-corrected chi connectivity index (χ1v) is 36.3. The van der Waals surface area contributed by atoms with Crippen molar-refractivity contribution < 1.29 is 24.5 Å². The molecule has 0 saturated carbocycles. The Kier molecular flexibility index (Phi) is 67.9. The smallest absolute Gasteiger partial charge is 0.305 e. The molecule has 2 atom stereocenters. The first-order chi connectivity index (χ1) is 39.5. The van der Waals surface area contributed by atoms with Gasteiger partial charge in [0, 0.05) is 12.8 Å². The predicted octanol–water partition coefficient (Wildman–Crippen LogP) is 23.5. The number of hydrogen-bond donors (Lipinski definition) is 3. The number of carbonyl (C=O) groups excluding carboxylic acids is 2. The minimum atomic E-state index is -0.843. The topological polar surface area (TPSA) is 95.9 Å². The fourth-order valence-electron chi connectivity index (χ4n) is 11.3. The van der Waals surface area contributed by atoms with Gasteiger partial charge in [0.25, 0.3) is 0 Å². The molecule has 0 bridgehead atoms. The Bertz CT molecular complexity index is 1300. The van der Waals surface area contributed by atoms with Crippen molar-refractivity contribution in [3.8, 4) is 0 Å². The van der Waals surface area contributed by atoms with Crippen LogP contribution in [-0.2, 0) is 14.3 Å². The second-order valence-corrected chi connectivity index (χ2v) is 24.9. The lowest BCUT2D eigenvalue weighted by molar-refractivity contribution is -0.143. The van der Waals surface area contributed by atoms with E-state index in [-0.39, 0.29) is 18.5 Å². The molecule has 0 aliphatic heterocycles. The molecule has 0 fully saturated rings. The third-order valence-corrected chi connectivity index (χ3v) is 16.9.